The zero-order chi connectivity index (χ0) is 21.7. The van der Waals surface area contributed by atoms with Crippen LogP contribution in [0.3, 0.4) is 0 Å². The summed E-state index contributed by atoms with van der Waals surface area (Å²) in [5.74, 6) is 0.654. The molecular weight excluding hydrogens is 398 g/mol. The van der Waals surface area contributed by atoms with Gasteiger partial charge in [-0.1, -0.05) is 50.8 Å². The Morgan fingerprint density at radius 3 is 2.37 bits per heavy atom. The summed E-state index contributed by atoms with van der Waals surface area (Å²) in [6, 6.07) is 16.7. The van der Waals surface area contributed by atoms with Crippen molar-refractivity contribution in [2.75, 3.05) is 7.05 Å². The van der Waals surface area contributed by atoms with E-state index in [4.69, 9.17) is 10.2 Å². The molecule has 0 aliphatic rings. The molecule has 0 amide bonds. The molecule has 3 aromatic rings. The zero-order valence-electron chi connectivity index (χ0n) is 17.1. The molecule has 3 rings (SSSR count). The van der Waals surface area contributed by atoms with Crippen LogP contribution in [0.5, 0.6) is 0 Å². The Bertz CT molecular complexity index is 1120. The van der Waals surface area contributed by atoms with Crippen molar-refractivity contribution in [1.82, 2.24) is 10.2 Å². The molecule has 0 aliphatic heterocycles. The normalized spacial score (nSPS) is 13.5. The summed E-state index contributed by atoms with van der Waals surface area (Å²) in [6.07, 6.45) is 0. The average Bonchev–Trinajstić information content (AvgIpc) is 3.27. The molecule has 0 bridgehead atoms. The summed E-state index contributed by atoms with van der Waals surface area (Å²) >= 11 is 0. The number of hydrogen-bond acceptors (Lipinski definition) is 6. The van der Waals surface area contributed by atoms with Crippen LogP contribution in [0.4, 0.5) is 0 Å². The Labute approximate surface area is 177 Å². The van der Waals surface area contributed by atoms with Gasteiger partial charge in [0.05, 0.1) is 16.5 Å². The minimum atomic E-state index is -1.06. The molecule has 1 atom stereocenters. The van der Waals surface area contributed by atoms with E-state index < -0.39 is 10.8 Å². The molecule has 0 aliphatic carbocycles. The van der Waals surface area contributed by atoms with E-state index in [0.29, 0.717) is 11.6 Å². The first-order chi connectivity index (χ1) is 14.4. The Hall–Kier alpha value is -3.39. The van der Waals surface area contributed by atoms with Crippen LogP contribution in [-0.4, -0.2) is 38.3 Å². The third-order valence-electron chi connectivity index (χ3n) is 4.23. The van der Waals surface area contributed by atoms with Crippen LogP contribution < -0.4 is 5.73 Å². The topological polar surface area (TPSA) is 107 Å². The van der Waals surface area contributed by atoms with Crippen LogP contribution in [0.25, 0.3) is 17.2 Å². The van der Waals surface area contributed by atoms with Gasteiger partial charge in [0, 0.05) is 22.8 Å². The molecule has 1 heterocycles. The SMILES string of the molecule is C=C(N=C(C(N)=NC)c1nnc(-c2ccccc2)o1)c1ccc(S(=O)C(C)C)cc1. The van der Waals surface area contributed by atoms with Crippen LogP contribution in [0, 0.1) is 0 Å². The van der Waals surface area contributed by atoms with Gasteiger partial charge in [0.15, 0.2) is 5.71 Å². The van der Waals surface area contributed by atoms with Crippen LogP contribution in [-0.2, 0) is 10.8 Å². The fraction of sp³-hybridized carbons (Fsp3) is 0.182. The monoisotopic (exact) mass is 421 g/mol. The smallest absolute Gasteiger partial charge is 0.270 e. The molecule has 0 spiro atoms. The van der Waals surface area contributed by atoms with Gasteiger partial charge in [0.1, 0.15) is 5.84 Å². The highest BCUT2D eigenvalue weighted by Crippen LogP contribution is 2.21. The van der Waals surface area contributed by atoms with E-state index in [0.717, 1.165) is 16.0 Å². The Morgan fingerprint density at radius 2 is 1.77 bits per heavy atom. The lowest BCUT2D eigenvalue weighted by atomic mass is 10.2. The molecule has 0 radical (unpaired) electrons. The van der Waals surface area contributed by atoms with Gasteiger partial charge in [-0.2, -0.15) is 0 Å². The molecule has 0 saturated carbocycles. The van der Waals surface area contributed by atoms with E-state index in [2.05, 4.69) is 26.8 Å². The standard InChI is InChI=1S/C22H23N5O2S/c1-14(2)30(28)18-12-10-16(11-13-18)15(3)25-19(20(23)24-4)22-27-26-21(29-22)17-8-6-5-7-9-17/h5-14H,3H2,1-2,4H3,(H2,23,24). The van der Waals surface area contributed by atoms with Crippen LogP contribution >= 0.6 is 0 Å². The highest BCUT2D eigenvalue weighted by molar-refractivity contribution is 7.85. The van der Waals surface area contributed by atoms with Gasteiger partial charge in [-0.25, -0.2) is 4.99 Å². The maximum Gasteiger partial charge on any atom is 0.270 e. The van der Waals surface area contributed by atoms with E-state index >= 15 is 0 Å². The molecule has 1 unspecified atom stereocenters. The predicted octanol–water partition coefficient (Wildman–Crippen LogP) is 3.70. The number of aromatic nitrogens is 2. The number of aliphatic imine (C=N–C) groups is 2. The van der Waals surface area contributed by atoms with Crippen molar-refractivity contribution in [2.45, 2.75) is 24.0 Å². The summed E-state index contributed by atoms with van der Waals surface area (Å²) in [5.41, 5.74) is 8.26. The molecule has 7 nitrogen and oxygen atoms in total. The van der Waals surface area contributed by atoms with Crippen molar-refractivity contribution < 1.29 is 8.63 Å². The average molecular weight is 422 g/mol. The van der Waals surface area contributed by atoms with Gasteiger partial charge in [-0.3, -0.25) is 9.20 Å². The van der Waals surface area contributed by atoms with Crippen molar-refractivity contribution >= 4 is 28.0 Å². The molecule has 0 fully saturated rings. The summed E-state index contributed by atoms with van der Waals surface area (Å²) in [7, 11) is 0.494. The Kier molecular flexibility index (Phi) is 6.68. The summed E-state index contributed by atoms with van der Waals surface area (Å²) in [4.78, 5) is 9.26. The van der Waals surface area contributed by atoms with Gasteiger partial charge in [0.2, 0.25) is 5.89 Å². The van der Waals surface area contributed by atoms with Crippen molar-refractivity contribution in [3.63, 3.8) is 0 Å². The molecule has 30 heavy (non-hydrogen) atoms. The van der Waals surface area contributed by atoms with Gasteiger partial charge in [-0.15, -0.1) is 10.2 Å². The number of hydrogen-bond donors (Lipinski definition) is 1. The third-order valence-corrected chi connectivity index (χ3v) is 5.82. The predicted molar refractivity (Wildman–Crippen MR) is 121 cm³/mol. The quantitative estimate of drug-likeness (QED) is 0.462. The lowest BCUT2D eigenvalue weighted by molar-refractivity contribution is 0.559. The van der Waals surface area contributed by atoms with Gasteiger partial charge >= 0.3 is 0 Å². The molecule has 154 valence electrons. The first-order valence-corrected chi connectivity index (χ1v) is 10.5. The molecule has 0 saturated heterocycles. The lowest BCUT2D eigenvalue weighted by Gasteiger charge is -2.08. The minimum Gasteiger partial charge on any atom is -0.414 e. The second kappa shape index (κ2) is 9.41. The van der Waals surface area contributed by atoms with Crippen molar-refractivity contribution in [1.29, 1.82) is 0 Å². The number of benzene rings is 2. The van der Waals surface area contributed by atoms with Crippen molar-refractivity contribution in [3.8, 4) is 11.5 Å². The first kappa shape index (κ1) is 21.3. The molecule has 8 heteroatoms. The first-order valence-electron chi connectivity index (χ1n) is 9.31. The molecule has 2 aromatic carbocycles. The van der Waals surface area contributed by atoms with E-state index in [1.54, 1.807) is 7.05 Å². The Morgan fingerprint density at radius 1 is 1.10 bits per heavy atom. The Balaban J connectivity index is 1.92. The number of nitrogens with two attached hydrogens (primary N) is 1. The van der Waals surface area contributed by atoms with Crippen molar-refractivity contribution in [3.05, 3.63) is 72.6 Å². The fourth-order valence-electron chi connectivity index (χ4n) is 2.59. The number of nitrogens with zero attached hydrogens (tertiary/aromatic N) is 4. The van der Waals surface area contributed by atoms with E-state index in [1.165, 1.54) is 0 Å². The van der Waals surface area contributed by atoms with Gasteiger partial charge in [0.25, 0.3) is 5.89 Å². The summed E-state index contributed by atoms with van der Waals surface area (Å²) < 4.78 is 18.0. The molecular formula is C22H23N5O2S. The number of rotatable bonds is 7. The van der Waals surface area contributed by atoms with Crippen LogP contribution in [0.1, 0.15) is 25.3 Å². The number of amidine groups is 1. The lowest BCUT2D eigenvalue weighted by Crippen LogP contribution is -2.25. The van der Waals surface area contributed by atoms with Crippen LogP contribution in [0.2, 0.25) is 0 Å². The highest BCUT2D eigenvalue weighted by atomic mass is 32.2. The zero-order valence-corrected chi connectivity index (χ0v) is 17.9. The van der Waals surface area contributed by atoms with Crippen LogP contribution in [0.15, 0.2) is 80.5 Å². The minimum absolute atomic E-state index is 0.0422. The molecule has 1 aromatic heterocycles. The summed E-state index contributed by atoms with van der Waals surface area (Å²) in [6.45, 7) is 7.85. The van der Waals surface area contributed by atoms with Gasteiger partial charge < -0.3 is 10.2 Å². The molecule has 2 N–H and O–H groups in total. The maximum atomic E-state index is 12.2. The van der Waals surface area contributed by atoms with E-state index in [9.17, 15) is 4.21 Å². The van der Waals surface area contributed by atoms with Gasteiger partial charge in [-0.05, 0) is 29.8 Å². The van der Waals surface area contributed by atoms with Crippen molar-refractivity contribution in [2.24, 2.45) is 15.7 Å². The second-order valence-corrected chi connectivity index (χ2v) is 8.67. The van der Waals surface area contributed by atoms with E-state index in [-0.39, 0.29) is 22.7 Å². The summed E-state index contributed by atoms with van der Waals surface area (Å²) in [5, 5.41) is 8.20. The second-order valence-electron chi connectivity index (χ2n) is 6.66. The largest absolute Gasteiger partial charge is 0.414 e. The third kappa shape index (κ3) is 4.77. The highest BCUT2D eigenvalue weighted by Gasteiger charge is 2.18. The fourth-order valence-corrected chi connectivity index (χ4v) is 3.54. The maximum absolute atomic E-state index is 12.2. The van der Waals surface area contributed by atoms with E-state index in [1.807, 2.05) is 68.4 Å².